The van der Waals surface area contributed by atoms with E-state index in [9.17, 15) is 4.79 Å². The van der Waals surface area contributed by atoms with Crippen LogP contribution in [0.3, 0.4) is 0 Å². The average molecular weight is 421 g/mol. The van der Waals surface area contributed by atoms with Gasteiger partial charge in [0.2, 0.25) is 0 Å². The van der Waals surface area contributed by atoms with Crippen LogP contribution in [0, 0.1) is 0 Å². The quantitative estimate of drug-likeness (QED) is 0.762. The number of benzene rings is 1. The van der Waals surface area contributed by atoms with E-state index in [4.69, 9.17) is 9.15 Å². The van der Waals surface area contributed by atoms with Crippen LogP contribution in [-0.2, 0) is 9.53 Å². The van der Waals surface area contributed by atoms with Gasteiger partial charge in [0.25, 0.3) is 5.91 Å². The van der Waals surface area contributed by atoms with E-state index in [0.29, 0.717) is 18.9 Å². The largest absolute Gasteiger partial charge is 0.486 e. The van der Waals surface area contributed by atoms with Gasteiger partial charge in [0.15, 0.2) is 5.76 Å². The molecule has 1 unspecified atom stereocenters. The van der Waals surface area contributed by atoms with Crippen LogP contribution in [0.1, 0.15) is 30.2 Å². The molecule has 1 atom stereocenters. The van der Waals surface area contributed by atoms with Gasteiger partial charge in [0.1, 0.15) is 5.76 Å². The fourth-order valence-corrected chi connectivity index (χ4v) is 4.56. The second kappa shape index (κ2) is 10.0. The van der Waals surface area contributed by atoms with E-state index in [0.717, 1.165) is 35.1 Å². The minimum Gasteiger partial charge on any atom is -0.486 e. The van der Waals surface area contributed by atoms with Crippen molar-refractivity contribution in [2.45, 2.75) is 18.9 Å². The van der Waals surface area contributed by atoms with Crippen molar-refractivity contribution < 1.29 is 13.9 Å². The molecule has 7 heteroatoms. The Balaban J connectivity index is 0.00000225. The van der Waals surface area contributed by atoms with Crippen LogP contribution >= 0.6 is 24.2 Å². The molecule has 1 N–H and O–H groups in total. The predicted molar refractivity (Wildman–Crippen MR) is 114 cm³/mol. The van der Waals surface area contributed by atoms with Crippen molar-refractivity contribution in [1.82, 2.24) is 10.2 Å². The molecule has 28 heavy (non-hydrogen) atoms. The van der Waals surface area contributed by atoms with Gasteiger partial charge in [-0.25, -0.2) is 0 Å². The van der Waals surface area contributed by atoms with Gasteiger partial charge in [0, 0.05) is 12.3 Å². The molecule has 1 amide bonds. The van der Waals surface area contributed by atoms with Gasteiger partial charge in [-0.3, -0.25) is 9.69 Å². The van der Waals surface area contributed by atoms with E-state index in [1.165, 1.54) is 12.8 Å². The summed E-state index contributed by atoms with van der Waals surface area (Å²) in [5.74, 6) is 2.02. The Morgan fingerprint density at radius 3 is 2.64 bits per heavy atom. The molecule has 3 heterocycles. The number of carbonyl (C=O) groups excluding carboxylic acids is 1. The molecule has 0 saturated carbocycles. The van der Waals surface area contributed by atoms with Gasteiger partial charge in [-0.1, -0.05) is 30.3 Å². The summed E-state index contributed by atoms with van der Waals surface area (Å²) >= 11 is 1.67. The van der Waals surface area contributed by atoms with Crippen molar-refractivity contribution in [3.05, 3.63) is 65.8 Å². The number of nitrogens with zero attached hydrogens (tertiary/aromatic N) is 1. The molecule has 5 nitrogen and oxygen atoms in total. The Morgan fingerprint density at radius 1 is 1.14 bits per heavy atom. The van der Waals surface area contributed by atoms with E-state index in [1.54, 1.807) is 18.0 Å². The third-order valence-corrected chi connectivity index (χ3v) is 6.01. The molecule has 150 valence electrons. The smallest absolute Gasteiger partial charge is 0.287 e. The zero-order chi connectivity index (χ0) is 18.5. The molecular formula is C21H25ClN2O3S. The molecule has 2 aliphatic heterocycles. The maximum Gasteiger partial charge on any atom is 0.287 e. The lowest BCUT2D eigenvalue weighted by Gasteiger charge is -2.27. The average Bonchev–Trinajstić information content (AvgIpc) is 3.43. The van der Waals surface area contributed by atoms with Gasteiger partial charge in [-0.2, -0.15) is 0 Å². The third kappa shape index (κ3) is 4.74. The highest BCUT2D eigenvalue weighted by molar-refractivity contribution is 8.08. The first-order chi connectivity index (χ1) is 13.3. The monoisotopic (exact) mass is 420 g/mol. The molecule has 0 spiro atoms. The summed E-state index contributed by atoms with van der Waals surface area (Å²) in [6, 6.07) is 13.9. The van der Waals surface area contributed by atoms with E-state index in [1.807, 2.05) is 42.5 Å². The number of likely N-dealkylation sites (tertiary alicyclic amines) is 1. The second-order valence-electron chi connectivity index (χ2n) is 6.71. The highest BCUT2D eigenvalue weighted by Crippen LogP contribution is 2.34. The zero-order valence-electron chi connectivity index (χ0n) is 15.6. The lowest BCUT2D eigenvalue weighted by atomic mass is 10.1. The van der Waals surface area contributed by atoms with Gasteiger partial charge in [0.05, 0.1) is 23.8 Å². The molecule has 0 bridgehead atoms. The molecule has 1 saturated heterocycles. The molecule has 1 aromatic heterocycles. The molecule has 4 rings (SSSR count). The Hall–Kier alpha value is -1.89. The van der Waals surface area contributed by atoms with Crippen LogP contribution in [0.2, 0.25) is 0 Å². The van der Waals surface area contributed by atoms with Gasteiger partial charge in [-0.05, 0) is 43.6 Å². The molecule has 2 aromatic rings. The first-order valence-corrected chi connectivity index (χ1v) is 10.4. The van der Waals surface area contributed by atoms with Crippen molar-refractivity contribution in [1.29, 1.82) is 0 Å². The summed E-state index contributed by atoms with van der Waals surface area (Å²) in [6.07, 6.45) is 4.07. The maximum absolute atomic E-state index is 12.9. The van der Waals surface area contributed by atoms with Gasteiger partial charge in [-0.15, -0.1) is 24.2 Å². The minimum absolute atomic E-state index is 0. The Bertz CT molecular complexity index is 789. The van der Waals surface area contributed by atoms with Crippen molar-refractivity contribution in [3.63, 3.8) is 0 Å². The fourth-order valence-electron chi connectivity index (χ4n) is 3.60. The van der Waals surface area contributed by atoms with E-state index >= 15 is 0 Å². The SMILES string of the molecule is Cl.O=C(NCC(c1ccco1)N1CCCC1)C1=C(c2ccccc2)SCCO1. The molecule has 1 aromatic carbocycles. The van der Waals surface area contributed by atoms with Crippen LogP contribution in [0.5, 0.6) is 0 Å². The first-order valence-electron chi connectivity index (χ1n) is 9.44. The number of thioether (sulfide) groups is 1. The first kappa shape index (κ1) is 20.8. The molecular weight excluding hydrogens is 396 g/mol. The van der Waals surface area contributed by atoms with Crippen LogP contribution < -0.4 is 5.32 Å². The zero-order valence-corrected chi connectivity index (χ0v) is 17.3. The minimum atomic E-state index is -0.156. The number of hydrogen-bond donors (Lipinski definition) is 1. The number of amides is 1. The Morgan fingerprint density at radius 2 is 1.93 bits per heavy atom. The number of nitrogens with one attached hydrogen (secondary N) is 1. The summed E-state index contributed by atoms with van der Waals surface area (Å²) < 4.78 is 11.4. The van der Waals surface area contributed by atoms with Gasteiger partial charge >= 0.3 is 0 Å². The Kier molecular flexibility index (Phi) is 7.48. The van der Waals surface area contributed by atoms with Crippen molar-refractivity contribution in [2.24, 2.45) is 0 Å². The number of rotatable bonds is 6. The lowest BCUT2D eigenvalue weighted by Crippen LogP contribution is -2.38. The van der Waals surface area contributed by atoms with E-state index in [2.05, 4.69) is 10.2 Å². The molecule has 1 fully saturated rings. The second-order valence-corrected chi connectivity index (χ2v) is 7.81. The van der Waals surface area contributed by atoms with Crippen LogP contribution in [0.15, 0.2) is 58.9 Å². The number of furan rings is 1. The topological polar surface area (TPSA) is 54.7 Å². The van der Waals surface area contributed by atoms with Crippen LogP contribution in [-0.4, -0.2) is 42.8 Å². The molecule has 0 aliphatic carbocycles. The third-order valence-electron chi connectivity index (χ3n) is 4.93. The van der Waals surface area contributed by atoms with E-state index < -0.39 is 0 Å². The standard InChI is InChI=1S/C21H24N2O3S.ClH/c24-21(19-20(27-14-13-26-19)16-7-2-1-3-8-16)22-15-17(18-9-6-12-25-18)23-10-4-5-11-23;/h1-3,6-9,12,17H,4-5,10-11,13-15H2,(H,22,24);1H. The summed E-state index contributed by atoms with van der Waals surface area (Å²) in [6.45, 7) is 3.13. The molecule has 0 radical (unpaired) electrons. The number of carbonyl (C=O) groups is 1. The summed E-state index contributed by atoms with van der Waals surface area (Å²) in [7, 11) is 0. The normalized spacial score (nSPS) is 18.3. The van der Waals surface area contributed by atoms with Gasteiger partial charge < -0.3 is 14.5 Å². The predicted octanol–water partition coefficient (Wildman–Crippen LogP) is 4.09. The summed E-state index contributed by atoms with van der Waals surface area (Å²) in [5.41, 5.74) is 1.02. The number of ether oxygens (including phenoxy) is 1. The number of halogens is 1. The lowest BCUT2D eigenvalue weighted by molar-refractivity contribution is -0.121. The maximum atomic E-state index is 12.9. The summed E-state index contributed by atoms with van der Waals surface area (Å²) in [5, 5.41) is 3.08. The van der Waals surface area contributed by atoms with E-state index in [-0.39, 0.29) is 24.4 Å². The Labute approximate surface area is 175 Å². The summed E-state index contributed by atoms with van der Waals surface area (Å²) in [4.78, 5) is 16.2. The highest BCUT2D eigenvalue weighted by Gasteiger charge is 2.28. The van der Waals surface area contributed by atoms with Crippen LogP contribution in [0.4, 0.5) is 0 Å². The van der Waals surface area contributed by atoms with Crippen molar-refractivity contribution in [2.75, 3.05) is 32.0 Å². The highest BCUT2D eigenvalue weighted by atomic mass is 35.5. The fraction of sp³-hybridized carbons (Fsp3) is 0.381. The van der Waals surface area contributed by atoms with Crippen molar-refractivity contribution >= 4 is 35.0 Å². The van der Waals surface area contributed by atoms with Crippen molar-refractivity contribution in [3.8, 4) is 0 Å². The number of hydrogen-bond acceptors (Lipinski definition) is 5. The molecule has 2 aliphatic rings. The van der Waals surface area contributed by atoms with Crippen LogP contribution in [0.25, 0.3) is 4.91 Å².